The molecule has 1 heterocycles. The number of benzene rings is 3. The van der Waals surface area contributed by atoms with E-state index < -0.39 is 5.97 Å². The second-order valence-corrected chi connectivity index (χ2v) is 6.83. The summed E-state index contributed by atoms with van der Waals surface area (Å²) < 4.78 is 0. The number of hydrogen-bond donors (Lipinski definition) is 1. The van der Waals surface area contributed by atoms with Crippen LogP contribution in [-0.2, 0) is 4.79 Å². The van der Waals surface area contributed by atoms with Crippen LogP contribution >= 0.6 is 11.6 Å². The van der Waals surface area contributed by atoms with Gasteiger partial charge in [-0.1, -0.05) is 54.1 Å². The average Bonchev–Trinajstić information content (AvgIpc) is 3.06. The van der Waals surface area contributed by atoms with Crippen LogP contribution in [0.1, 0.15) is 21.5 Å². The predicted molar refractivity (Wildman–Crippen MR) is 113 cm³/mol. The van der Waals surface area contributed by atoms with Crippen LogP contribution in [0.3, 0.4) is 0 Å². The second-order valence-electron chi connectivity index (χ2n) is 6.39. The Morgan fingerprint density at radius 1 is 0.931 bits per heavy atom. The van der Waals surface area contributed by atoms with Crippen molar-refractivity contribution in [2.45, 2.75) is 0 Å². The van der Waals surface area contributed by atoms with Gasteiger partial charge in [0.05, 0.1) is 16.8 Å². The van der Waals surface area contributed by atoms with Gasteiger partial charge in [0.1, 0.15) is 5.71 Å². The molecule has 0 unspecified atom stereocenters. The maximum Gasteiger partial charge on any atom is 0.335 e. The van der Waals surface area contributed by atoms with Crippen LogP contribution in [0.25, 0.3) is 6.08 Å². The molecule has 1 amide bonds. The molecule has 3 aromatic carbocycles. The lowest BCUT2D eigenvalue weighted by Crippen LogP contribution is -2.21. The molecule has 0 aromatic heterocycles. The van der Waals surface area contributed by atoms with Gasteiger partial charge in [-0.15, -0.1) is 0 Å². The molecule has 0 spiro atoms. The highest BCUT2D eigenvalue weighted by Crippen LogP contribution is 2.28. The number of carboxylic acids is 1. The first-order valence-electron chi connectivity index (χ1n) is 8.82. The number of carboxylic acid groups (broad SMARTS) is 1. The Morgan fingerprint density at radius 2 is 1.59 bits per heavy atom. The van der Waals surface area contributed by atoms with E-state index in [1.807, 2.05) is 30.3 Å². The highest BCUT2D eigenvalue weighted by atomic mass is 35.5. The van der Waals surface area contributed by atoms with Crippen molar-refractivity contribution in [2.24, 2.45) is 5.10 Å². The van der Waals surface area contributed by atoms with Gasteiger partial charge in [0.15, 0.2) is 0 Å². The third-order valence-corrected chi connectivity index (χ3v) is 4.72. The minimum absolute atomic E-state index is 0.185. The highest BCUT2D eigenvalue weighted by Gasteiger charge is 2.31. The van der Waals surface area contributed by atoms with Crippen molar-refractivity contribution in [3.63, 3.8) is 0 Å². The summed E-state index contributed by atoms with van der Waals surface area (Å²) in [5.74, 6) is -1.27. The van der Waals surface area contributed by atoms with Crippen molar-refractivity contribution in [1.29, 1.82) is 0 Å². The number of hydrogen-bond acceptors (Lipinski definition) is 3. The van der Waals surface area contributed by atoms with Crippen molar-refractivity contribution in [1.82, 2.24) is 0 Å². The van der Waals surface area contributed by atoms with Gasteiger partial charge in [0.2, 0.25) is 0 Å². The molecule has 4 rings (SSSR count). The van der Waals surface area contributed by atoms with E-state index in [9.17, 15) is 9.59 Å². The summed E-state index contributed by atoms with van der Waals surface area (Å²) in [5, 5.41) is 15.5. The molecule has 6 heteroatoms. The summed E-state index contributed by atoms with van der Waals surface area (Å²) >= 11 is 5.96. The zero-order valence-corrected chi connectivity index (χ0v) is 15.9. The van der Waals surface area contributed by atoms with E-state index in [4.69, 9.17) is 16.7 Å². The molecule has 0 bridgehead atoms. The minimum atomic E-state index is -0.999. The number of halogens is 1. The number of carbonyl (C=O) groups is 2. The smallest absolute Gasteiger partial charge is 0.335 e. The SMILES string of the molecule is O=C(O)c1ccc(/C=C2\C(=O)N(c3ccc(Cl)cc3)N=C2c2ccccc2)cc1. The van der Waals surface area contributed by atoms with E-state index in [2.05, 4.69) is 5.10 Å². The first-order valence-corrected chi connectivity index (χ1v) is 9.20. The summed E-state index contributed by atoms with van der Waals surface area (Å²) in [6, 6.07) is 22.6. The molecule has 1 N–H and O–H groups in total. The van der Waals surface area contributed by atoms with Crippen LogP contribution in [-0.4, -0.2) is 22.7 Å². The Bertz CT molecular complexity index is 1140. The maximum absolute atomic E-state index is 13.2. The summed E-state index contributed by atoms with van der Waals surface area (Å²) in [4.78, 5) is 24.2. The number of amides is 1. The summed E-state index contributed by atoms with van der Waals surface area (Å²) in [7, 11) is 0. The minimum Gasteiger partial charge on any atom is -0.478 e. The lowest BCUT2D eigenvalue weighted by atomic mass is 10.00. The standard InChI is InChI=1S/C23H15ClN2O3/c24-18-10-12-19(13-11-18)26-22(27)20(21(25-26)16-4-2-1-3-5-16)14-15-6-8-17(9-7-15)23(28)29/h1-14H,(H,28,29)/b20-14-. The Labute approximate surface area is 172 Å². The van der Waals surface area contributed by atoms with Gasteiger partial charge in [-0.05, 0) is 48.0 Å². The molecule has 1 aliphatic heterocycles. The summed E-state index contributed by atoms with van der Waals surface area (Å²) in [5.41, 5.74) is 3.29. The fraction of sp³-hybridized carbons (Fsp3) is 0. The molecular formula is C23H15ClN2O3. The topological polar surface area (TPSA) is 70.0 Å². The average molecular weight is 403 g/mol. The van der Waals surface area contributed by atoms with Crippen LogP contribution in [0.15, 0.2) is 89.5 Å². The van der Waals surface area contributed by atoms with Gasteiger partial charge >= 0.3 is 5.97 Å². The monoisotopic (exact) mass is 402 g/mol. The van der Waals surface area contributed by atoms with E-state index in [0.717, 1.165) is 5.56 Å². The quantitative estimate of drug-likeness (QED) is 0.633. The zero-order chi connectivity index (χ0) is 20.4. The van der Waals surface area contributed by atoms with Gasteiger partial charge in [-0.3, -0.25) is 4.79 Å². The van der Waals surface area contributed by atoms with Gasteiger partial charge in [0.25, 0.3) is 5.91 Å². The third-order valence-electron chi connectivity index (χ3n) is 4.46. The van der Waals surface area contributed by atoms with Crippen molar-refractivity contribution in [3.05, 3.63) is 106 Å². The number of carbonyl (C=O) groups excluding carboxylic acids is 1. The normalized spacial score (nSPS) is 14.9. The van der Waals surface area contributed by atoms with E-state index in [-0.39, 0.29) is 11.5 Å². The number of aromatic carboxylic acids is 1. The van der Waals surface area contributed by atoms with E-state index in [0.29, 0.717) is 27.6 Å². The second kappa shape index (κ2) is 7.73. The molecule has 0 fully saturated rings. The van der Waals surface area contributed by atoms with Crippen LogP contribution in [0.5, 0.6) is 0 Å². The number of rotatable bonds is 4. The van der Waals surface area contributed by atoms with Gasteiger partial charge < -0.3 is 5.11 Å². The predicted octanol–water partition coefficient (Wildman–Crippen LogP) is 4.87. The Kier molecular flexibility index (Phi) is 4.97. The van der Waals surface area contributed by atoms with Crippen LogP contribution in [0.4, 0.5) is 5.69 Å². The fourth-order valence-electron chi connectivity index (χ4n) is 3.00. The van der Waals surface area contributed by atoms with Crippen molar-refractivity contribution >= 4 is 41.0 Å². The molecule has 3 aromatic rings. The lowest BCUT2D eigenvalue weighted by Gasteiger charge is -2.11. The molecule has 0 radical (unpaired) electrons. The number of hydrazone groups is 1. The van der Waals surface area contributed by atoms with E-state index >= 15 is 0 Å². The van der Waals surface area contributed by atoms with E-state index in [1.54, 1.807) is 42.5 Å². The first-order chi connectivity index (χ1) is 14.0. The first kappa shape index (κ1) is 18.7. The molecular weight excluding hydrogens is 388 g/mol. The molecule has 0 saturated heterocycles. The molecule has 0 atom stereocenters. The largest absolute Gasteiger partial charge is 0.478 e. The number of anilines is 1. The Hall–Kier alpha value is -3.70. The third kappa shape index (κ3) is 3.81. The highest BCUT2D eigenvalue weighted by molar-refractivity contribution is 6.37. The molecule has 29 heavy (non-hydrogen) atoms. The zero-order valence-electron chi connectivity index (χ0n) is 15.1. The number of nitrogens with zero attached hydrogens (tertiary/aromatic N) is 2. The summed E-state index contributed by atoms with van der Waals surface area (Å²) in [6.07, 6.45) is 1.72. The lowest BCUT2D eigenvalue weighted by molar-refractivity contribution is -0.114. The molecule has 0 aliphatic carbocycles. The molecule has 5 nitrogen and oxygen atoms in total. The van der Waals surface area contributed by atoms with Crippen LogP contribution in [0, 0.1) is 0 Å². The molecule has 1 aliphatic rings. The van der Waals surface area contributed by atoms with Crippen LogP contribution in [0.2, 0.25) is 5.02 Å². The fourth-order valence-corrected chi connectivity index (χ4v) is 3.13. The molecule has 0 saturated carbocycles. The van der Waals surface area contributed by atoms with E-state index in [1.165, 1.54) is 17.1 Å². The van der Waals surface area contributed by atoms with Gasteiger partial charge in [-0.25, -0.2) is 4.79 Å². The Balaban J connectivity index is 1.78. The Morgan fingerprint density at radius 3 is 2.21 bits per heavy atom. The summed E-state index contributed by atoms with van der Waals surface area (Å²) in [6.45, 7) is 0. The molecule has 142 valence electrons. The van der Waals surface area contributed by atoms with Crippen LogP contribution < -0.4 is 5.01 Å². The maximum atomic E-state index is 13.2. The van der Waals surface area contributed by atoms with Gasteiger partial charge in [-0.2, -0.15) is 10.1 Å². The van der Waals surface area contributed by atoms with Gasteiger partial charge in [0, 0.05) is 10.6 Å². The van der Waals surface area contributed by atoms with Crippen molar-refractivity contribution in [3.8, 4) is 0 Å². The van der Waals surface area contributed by atoms with Crippen molar-refractivity contribution < 1.29 is 14.7 Å². The van der Waals surface area contributed by atoms with Crippen molar-refractivity contribution in [2.75, 3.05) is 5.01 Å².